The number of alkyl halides is 3. The van der Waals surface area contributed by atoms with Crippen LogP contribution >= 0.6 is 0 Å². The number of carbonyl (C=O) groups is 1. The van der Waals surface area contributed by atoms with E-state index in [4.69, 9.17) is 0 Å². The maximum Gasteiger partial charge on any atom is 0.416 e. The Morgan fingerprint density at radius 1 is 1.05 bits per heavy atom. The van der Waals surface area contributed by atoms with Crippen LogP contribution in [0, 0.1) is 6.92 Å². The first-order valence-electron chi connectivity index (χ1n) is 11.7. The van der Waals surface area contributed by atoms with Gasteiger partial charge in [0.15, 0.2) is 0 Å². The second kappa shape index (κ2) is 9.64. The maximum atomic E-state index is 13.2. The number of halogens is 3. The van der Waals surface area contributed by atoms with E-state index in [1.165, 1.54) is 10.2 Å². The van der Waals surface area contributed by atoms with Gasteiger partial charge in [0.1, 0.15) is 23.4 Å². The van der Waals surface area contributed by atoms with Gasteiger partial charge in [0, 0.05) is 19.3 Å². The van der Waals surface area contributed by atoms with Crippen molar-refractivity contribution in [1.29, 1.82) is 0 Å². The molecule has 37 heavy (non-hydrogen) atoms. The Bertz CT molecular complexity index is 1450. The molecule has 4 aromatic rings. The van der Waals surface area contributed by atoms with Crippen LogP contribution in [0.4, 0.5) is 24.8 Å². The summed E-state index contributed by atoms with van der Waals surface area (Å²) in [4.78, 5) is 23.5. The van der Waals surface area contributed by atoms with Gasteiger partial charge in [-0.15, -0.1) is 5.10 Å². The first-order chi connectivity index (χ1) is 17.7. The Morgan fingerprint density at radius 3 is 2.62 bits per heavy atom. The molecular weight excluding hydrogens is 483 g/mol. The van der Waals surface area contributed by atoms with Crippen LogP contribution in [0.5, 0.6) is 0 Å². The van der Waals surface area contributed by atoms with Crippen molar-refractivity contribution in [1.82, 2.24) is 29.9 Å². The predicted molar refractivity (Wildman–Crippen MR) is 131 cm³/mol. The minimum atomic E-state index is -4.48. The summed E-state index contributed by atoms with van der Waals surface area (Å²) in [5, 5.41) is 11.2. The van der Waals surface area contributed by atoms with Crippen molar-refractivity contribution >= 4 is 17.5 Å². The summed E-state index contributed by atoms with van der Waals surface area (Å²) in [5.41, 5.74) is 3.31. The zero-order chi connectivity index (χ0) is 26.2. The lowest BCUT2D eigenvalue weighted by Crippen LogP contribution is -2.39. The maximum absolute atomic E-state index is 13.2. The fraction of sp³-hybridized carbons (Fsp3) is 0.269. The number of fused-ring (bicyclic) bond motifs is 1. The summed E-state index contributed by atoms with van der Waals surface area (Å²) in [5.74, 6) is 0.276. The molecule has 1 atom stereocenters. The van der Waals surface area contributed by atoms with Gasteiger partial charge in [-0.05, 0) is 61.2 Å². The number of aryl methyl sites for hydroxylation is 1. The highest BCUT2D eigenvalue weighted by atomic mass is 19.4. The number of pyridine rings is 2. The van der Waals surface area contributed by atoms with Crippen LogP contribution in [0.1, 0.15) is 35.2 Å². The molecule has 0 spiro atoms. The van der Waals surface area contributed by atoms with Crippen molar-refractivity contribution < 1.29 is 18.0 Å². The second-order valence-electron chi connectivity index (χ2n) is 9.01. The molecule has 1 aromatic carbocycles. The van der Waals surface area contributed by atoms with Crippen molar-refractivity contribution in [3.63, 3.8) is 0 Å². The minimum absolute atomic E-state index is 0.0184. The number of anilines is 2. The number of hydrogen-bond acceptors (Lipinski definition) is 6. The predicted octanol–water partition coefficient (Wildman–Crippen LogP) is 4.95. The first-order valence-corrected chi connectivity index (χ1v) is 11.7. The Labute approximate surface area is 211 Å². The number of amides is 1. The molecule has 0 radical (unpaired) electrons. The van der Waals surface area contributed by atoms with Crippen molar-refractivity contribution in [2.75, 3.05) is 11.9 Å². The normalized spacial score (nSPS) is 14.2. The molecule has 4 heterocycles. The quantitative estimate of drug-likeness (QED) is 0.411. The standard InChI is InChI=1S/C26H24F3N7O/c1-16-11-21(31-24(12-16)32-23-13-20(7-9-30-23)26(27,28)29)22-15-36(34-33-22)17(2)25(37)35-10-8-18-5-3-4-6-19(18)14-35/h3-7,9,11-13,15,17H,8,10,14H2,1-2H3,(H,30,31,32). The molecule has 190 valence electrons. The van der Waals surface area contributed by atoms with E-state index in [1.54, 1.807) is 25.3 Å². The zero-order valence-electron chi connectivity index (χ0n) is 20.2. The first kappa shape index (κ1) is 24.4. The largest absolute Gasteiger partial charge is 0.416 e. The summed E-state index contributed by atoms with van der Waals surface area (Å²) in [6.07, 6.45) is -0.933. The lowest BCUT2D eigenvalue weighted by molar-refractivity contribution is -0.137. The molecule has 11 heteroatoms. The number of hydrogen-bond donors (Lipinski definition) is 1. The molecule has 1 aliphatic rings. The van der Waals surface area contributed by atoms with Crippen LogP contribution in [0.2, 0.25) is 0 Å². The topological polar surface area (TPSA) is 88.8 Å². The Balaban J connectivity index is 1.33. The van der Waals surface area contributed by atoms with Gasteiger partial charge in [-0.2, -0.15) is 13.2 Å². The van der Waals surface area contributed by atoms with E-state index in [9.17, 15) is 18.0 Å². The van der Waals surface area contributed by atoms with Crippen LogP contribution in [0.3, 0.4) is 0 Å². The van der Waals surface area contributed by atoms with Gasteiger partial charge in [-0.3, -0.25) is 4.79 Å². The molecule has 5 rings (SSSR count). The third kappa shape index (κ3) is 5.30. The summed E-state index contributed by atoms with van der Waals surface area (Å²) in [7, 11) is 0. The van der Waals surface area contributed by atoms with Crippen LogP contribution in [0.15, 0.2) is 60.9 Å². The molecule has 0 saturated carbocycles. The molecule has 0 fully saturated rings. The smallest absolute Gasteiger partial charge is 0.336 e. The van der Waals surface area contributed by atoms with Gasteiger partial charge in [0.2, 0.25) is 5.91 Å². The van der Waals surface area contributed by atoms with Gasteiger partial charge >= 0.3 is 6.18 Å². The molecular formula is C26H24F3N7O. The molecule has 0 bridgehead atoms. The zero-order valence-corrected chi connectivity index (χ0v) is 20.2. The van der Waals surface area contributed by atoms with Crippen LogP contribution in [0.25, 0.3) is 11.4 Å². The van der Waals surface area contributed by atoms with Crippen LogP contribution in [-0.4, -0.2) is 42.3 Å². The van der Waals surface area contributed by atoms with Gasteiger partial charge in [-0.25, -0.2) is 14.6 Å². The Hall–Kier alpha value is -4.28. The fourth-order valence-corrected chi connectivity index (χ4v) is 4.31. The van der Waals surface area contributed by atoms with Crippen molar-refractivity contribution in [2.45, 2.75) is 39.0 Å². The van der Waals surface area contributed by atoms with Crippen molar-refractivity contribution in [2.24, 2.45) is 0 Å². The summed E-state index contributed by atoms with van der Waals surface area (Å²) < 4.78 is 40.7. The molecule has 1 amide bonds. The highest BCUT2D eigenvalue weighted by molar-refractivity contribution is 5.80. The van der Waals surface area contributed by atoms with E-state index in [1.807, 2.05) is 30.0 Å². The number of aromatic nitrogens is 5. The summed E-state index contributed by atoms with van der Waals surface area (Å²) in [6.45, 7) is 4.80. The van der Waals surface area contributed by atoms with E-state index < -0.39 is 17.8 Å². The number of nitrogens with one attached hydrogen (secondary N) is 1. The monoisotopic (exact) mass is 507 g/mol. The van der Waals surface area contributed by atoms with Gasteiger partial charge in [0.05, 0.1) is 17.5 Å². The van der Waals surface area contributed by atoms with Crippen molar-refractivity contribution in [3.8, 4) is 11.4 Å². The van der Waals surface area contributed by atoms with Crippen molar-refractivity contribution in [3.05, 3.63) is 83.2 Å². The fourth-order valence-electron chi connectivity index (χ4n) is 4.31. The summed E-state index contributed by atoms with van der Waals surface area (Å²) in [6, 6.07) is 12.8. The number of carbonyl (C=O) groups excluding carboxylic acids is 1. The molecule has 3 aromatic heterocycles. The van der Waals surface area contributed by atoms with Crippen LogP contribution < -0.4 is 5.32 Å². The average molecular weight is 508 g/mol. The highest BCUT2D eigenvalue weighted by Gasteiger charge is 2.31. The third-order valence-corrected chi connectivity index (χ3v) is 6.28. The second-order valence-corrected chi connectivity index (χ2v) is 9.01. The average Bonchev–Trinajstić information content (AvgIpc) is 3.37. The SMILES string of the molecule is Cc1cc(Nc2cc(C(F)(F)F)ccn2)nc(-c2cn(C(C)C(=O)N3CCc4ccccc4C3)nn2)c1. The van der Waals surface area contributed by atoms with Gasteiger partial charge in [0.25, 0.3) is 0 Å². The Kier molecular flexibility index (Phi) is 6.36. The third-order valence-electron chi connectivity index (χ3n) is 6.28. The Morgan fingerprint density at radius 2 is 1.84 bits per heavy atom. The summed E-state index contributed by atoms with van der Waals surface area (Å²) >= 11 is 0. The molecule has 0 saturated heterocycles. The number of benzene rings is 1. The van der Waals surface area contributed by atoms with E-state index in [0.29, 0.717) is 30.3 Å². The lowest BCUT2D eigenvalue weighted by Gasteiger charge is -2.30. The molecule has 1 N–H and O–H groups in total. The van der Waals surface area contributed by atoms with Gasteiger partial charge in [-0.1, -0.05) is 29.5 Å². The molecule has 1 aliphatic heterocycles. The molecule has 1 unspecified atom stereocenters. The molecule has 8 nitrogen and oxygen atoms in total. The molecule has 0 aliphatic carbocycles. The van der Waals surface area contributed by atoms with Crippen LogP contribution in [-0.2, 0) is 23.9 Å². The van der Waals surface area contributed by atoms with E-state index >= 15 is 0 Å². The number of nitrogens with zero attached hydrogens (tertiary/aromatic N) is 6. The lowest BCUT2D eigenvalue weighted by atomic mass is 9.99. The van der Waals surface area contributed by atoms with E-state index in [-0.39, 0.29) is 11.7 Å². The minimum Gasteiger partial charge on any atom is -0.336 e. The number of rotatable bonds is 5. The van der Waals surface area contributed by atoms with Gasteiger partial charge < -0.3 is 10.2 Å². The van der Waals surface area contributed by atoms with E-state index in [0.717, 1.165) is 35.9 Å². The highest BCUT2D eigenvalue weighted by Crippen LogP contribution is 2.31. The van der Waals surface area contributed by atoms with E-state index in [2.05, 4.69) is 31.7 Å².